The van der Waals surface area contributed by atoms with E-state index in [4.69, 9.17) is 5.11 Å². The first-order valence-electron chi connectivity index (χ1n) is 5.78. The summed E-state index contributed by atoms with van der Waals surface area (Å²) in [5.41, 5.74) is 2.99. The van der Waals surface area contributed by atoms with Crippen LogP contribution in [0.5, 0.6) is 0 Å². The number of rotatable bonds is 5. The second kappa shape index (κ2) is 7.84. The number of carbonyl (C=O) groups is 2. The molecule has 5 nitrogen and oxygen atoms in total. The van der Waals surface area contributed by atoms with Crippen molar-refractivity contribution in [3.63, 3.8) is 0 Å². The van der Waals surface area contributed by atoms with Crippen molar-refractivity contribution in [3.05, 3.63) is 55.1 Å². The Morgan fingerprint density at radius 1 is 1.32 bits per heavy atom. The monoisotopic (exact) mass is 260 g/mol. The van der Waals surface area contributed by atoms with Crippen molar-refractivity contribution in [1.29, 1.82) is 0 Å². The van der Waals surface area contributed by atoms with E-state index in [1.807, 2.05) is 6.07 Å². The molecule has 1 aromatic carbocycles. The van der Waals surface area contributed by atoms with E-state index < -0.39 is 11.8 Å². The number of nitrogens with zero attached hydrogens (tertiary/aromatic N) is 1. The highest BCUT2D eigenvalue weighted by Gasteiger charge is 2.13. The molecule has 0 aliphatic heterocycles. The lowest BCUT2D eigenvalue weighted by molar-refractivity contribution is -0.121. The number of para-hydroxylation sites is 1. The normalized spacial score (nSPS) is 10.2. The third-order valence-electron chi connectivity index (χ3n) is 2.20. The molecule has 100 valence electrons. The van der Waals surface area contributed by atoms with Gasteiger partial charge in [0.2, 0.25) is 0 Å². The van der Waals surface area contributed by atoms with Crippen LogP contribution in [0.3, 0.4) is 0 Å². The first kappa shape index (κ1) is 14.7. The van der Waals surface area contributed by atoms with Crippen LogP contribution in [-0.4, -0.2) is 23.5 Å². The van der Waals surface area contributed by atoms with Gasteiger partial charge < -0.3 is 5.11 Å². The van der Waals surface area contributed by atoms with E-state index in [1.165, 1.54) is 12.2 Å². The van der Waals surface area contributed by atoms with Gasteiger partial charge in [0.05, 0.1) is 5.69 Å². The van der Waals surface area contributed by atoms with Crippen LogP contribution in [0, 0.1) is 0 Å². The highest BCUT2D eigenvalue weighted by Crippen LogP contribution is 2.11. The fraction of sp³-hybridized carbons (Fsp3) is 0.143. The molecule has 2 N–H and O–H groups in total. The topological polar surface area (TPSA) is 69.6 Å². The summed E-state index contributed by atoms with van der Waals surface area (Å²) in [4.78, 5) is 23.3. The van der Waals surface area contributed by atoms with Crippen molar-refractivity contribution in [3.8, 4) is 0 Å². The van der Waals surface area contributed by atoms with Crippen LogP contribution in [0.1, 0.15) is 6.42 Å². The SMILES string of the molecule is C=CC(=O)N(NC(=O)C=CCCO)c1ccccc1. The molecule has 0 heterocycles. The van der Waals surface area contributed by atoms with Gasteiger partial charge in [-0.3, -0.25) is 15.0 Å². The molecule has 0 radical (unpaired) electrons. The molecule has 5 heteroatoms. The molecule has 1 aromatic rings. The zero-order chi connectivity index (χ0) is 14.1. The van der Waals surface area contributed by atoms with Crippen LogP contribution in [0.15, 0.2) is 55.1 Å². The number of aliphatic hydroxyl groups is 1. The number of hydrogen-bond acceptors (Lipinski definition) is 3. The maximum Gasteiger partial charge on any atom is 0.269 e. The Kier molecular flexibility index (Phi) is 6.05. The number of amides is 2. The fourth-order valence-corrected chi connectivity index (χ4v) is 1.33. The first-order valence-corrected chi connectivity index (χ1v) is 5.78. The van der Waals surface area contributed by atoms with Crippen LogP contribution >= 0.6 is 0 Å². The Labute approximate surface area is 111 Å². The van der Waals surface area contributed by atoms with E-state index in [9.17, 15) is 9.59 Å². The Morgan fingerprint density at radius 3 is 2.58 bits per heavy atom. The standard InChI is InChI=1S/C14H16N2O3/c1-2-14(19)16(12-8-4-3-5-9-12)15-13(18)10-6-7-11-17/h2-6,8-10,17H,1,7,11H2,(H,15,18). The van der Waals surface area contributed by atoms with E-state index in [0.29, 0.717) is 12.1 Å². The Hall–Kier alpha value is -2.40. The van der Waals surface area contributed by atoms with Crippen molar-refractivity contribution in [2.45, 2.75) is 6.42 Å². The quantitative estimate of drug-likeness (QED) is 0.617. The summed E-state index contributed by atoms with van der Waals surface area (Å²) in [5, 5.41) is 9.71. The van der Waals surface area contributed by atoms with Crippen LogP contribution in [0.25, 0.3) is 0 Å². The van der Waals surface area contributed by atoms with Gasteiger partial charge in [0.25, 0.3) is 11.8 Å². The van der Waals surface area contributed by atoms with Crippen molar-refractivity contribution in [2.75, 3.05) is 11.6 Å². The van der Waals surface area contributed by atoms with Crippen molar-refractivity contribution >= 4 is 17.5 Å². The van der Waals surface area contributed by atoms with Crippen LogP contribution in [-0.2, 0) is 9.59 Å². The van der Waals surface area contributed by atoms with Crippen molar-refractivity contribution in [1.82, 2.24) is 5.43 Å². The lowest BCUT2D eigenvalue weighted by Gasteiger charge is -2.21. The second-order valence-corrected chi connectivity index (χ2v) is 3.60. The maximum atomic E-state index is 11.7. The summed E-state index contributed by atoms with van der Waals surface area (Å²) < 4.78 is 0. The number of nitrogens with one attached hydrogen (secondary N) is 1. The summed E-state index contributed by atoms with van der Waals surface area (Å²) in [6.07, 6.45) is 4.29. The van der Waals surface area contributed by atoms with Crippen LogP contribution in [0.4, 0.5) is 5.69 Å². The minimum Gasteiger partial charge on any atom is -0.396 e. The van der Waals surface area contributed by atoms with Gasteiger partial charge in [0.1, 0.15) is 0 Å². The van der Waals surface area contributed by atoms with Gasteiger partial charge in [-0.05, 0) is 24.6 Å². The molecule has 0 aliphatic carbocycles. The average molecular weight is 260 g/mol. The second-order valence-electron chi connectivity index (χ2n) is 3.60. The van der Waals surface area contributed by atoms with Gasteiger partial charge in [-0.2, -0.15) is 0 Å². The zero-order valence-corrected chi connectivity index (χ0v) is 10.5. The Morgan fingerprint density at radius 2 is 2.00 bits per heavy atom. The Balaban J connectivity index is 2.79. The molecular formula is C14H16N2O3. The van der Waals surface area contributed by atoms with Crippen molar-refractivity contribution in [2.24, 2.45) is 0 Å². The molecule has 0 aliphatic rings. The van der Waals surface area contributed by atoms with Gasteiger partial charge in [0, 0.05) is 12.7 Å². The number of carbonyl (C=O) groups excluding carboxylic acids is 2. The first-order chi connectivity index (χ1) is 9.19. The van der Waals surface area contributed by atoms with Gasteiger partial charge in [-0.1, -0.05) is 30.9 Å². The lowest BCUT2D eigenvalue weighted by atomic mass is 10.3. The summed E-state index contributed by atoms with van der Waals surface area (Å²) in [6.45, 7) is 3.37. The van der Waals surface area contributed by atoms with E-state index in [0.717, 1.165) is 11.1 Å². The third kappa shape index (κ3) is 4.77. The van der Waals surface area contributed by atoms with E-state index in [-0.39, 0.29) is 6.61 Å². The highest BCUT2D eigenvalue weighted by molar-refractivity contribution is 6.04. The molecular weight excluding hydrogens is 244 g/mol. The maximum absolute atomic E-state index is 11.7. The third-order valence-corrected chi connectivity index (χ3v) is 2.20. The highest BCUT2D eigenvalue weighted by atomic mass is 16.3. The summed E-state index contributed by atoms with van der Waals surface area (Å²) in [7, 11) is 0. The van der Waals surface area contributed by atoms with Crippen LogP contribution < -0.4 is 10.4 Å². The van der Waals surface area contributed by atoms with E-state index in [2.05, 4.69) is 12.0 Å². The molecule has 0 spiro atoms. The number of benzene rings is 1. The van der Waals surface area contributed by atoms with Crippen molar-refractivity contribution < 1.29 is 14.7 Å². The Bertz CT molecular complexity index is 469. The van der Waals surface area contributed by atoms with E-state index >= 15 is 0 Å². The molecule has 0 bridgehead atoms. The molecule has 1 rings (SSSR count). The number of hydrazine groups is 1. The van der Waals surface area contributed by atoms with Crippen LogP contribution in [0.2, 0.25) is 0 Å². The zero-order valence-electron chi connectivity index (χ0n) is 10.5. The van der Waals surface area contributed by atoms with Gasteiger partial charge in [0.15, 0.2) is 0 Å². The smallest absolute Gasteiger partial charge is 0.269 e. The minimum absolute atomic E-state index is 0.0300. The summed E-state index contributed by atoms with van der Waals surface area (Å²) in [5.74, 6) is -0.886. The van der Waals surface area contributed by atoms with E-state index in [1.54, 1.807) is 24.3 Å². The molecule has 19 heavy (non-hydrogen) atoms. The molecule has 2 amide bonds. The average Bonchev–Trinajstić information content (AvgIpc) is 2.45. The number of aliphatic hydroxyl groups excluding tert-OH is 1. The lowest BCUT2D eigenvalue weighted by Crippen LogP contribution is -2.45. The molecule has 0 saturated heterocycles. The predicted octanol–water partition coefficient (Wildman–Crippen LogP) is 1.18. The van der Waals surface area contributed by atoms with Gasteiger partial charge >= 0.3 is 0 Å². The van der Waals surface area contributed by atoms with Gasteiger partial charge in [-0.25, -0.2) is 5.01 Å². The fourth-order valence-electron chi connectivity index (χ4n) is 1.33. The number of anilines is 1. The largest absolute Gasteiger partial charge is 0.396 e. The number of hydrogen-bond donors (Lipinski definition) is 2. The minimum atomic E-state index is -0.451. The van der Waals surface area contributed by atoms with Gasteiger partial charge in [-0.15, -0.1) is 0 Å². The predicted molar refractivity (Wildman–Crippen MR) is 73.1 cm³/mol. The molecule has 0 aromatic heterocycles. The molecule has 0 atom stereocenters. The summed E-state index contributed by atoms with van der Waals surface area (Å²) >= 11 is 0. The summed E-state index contributed by atoms with van der Waals surface area (Å²) in [6, 6.07) is 8.71. The molecule has 0 unspecified atom stereocenters. The molecule has 0 saturated carbocycles. The molecule has 0 fully saturated rings.